The van der Waals surface area contributed by atoms with Gasteiger partial charge in [0, 0.05) is 32.9 Å². The fraction of sp³-hybridized carbons (Fsp3) is 0.882. The molecular weight excluding hydrogens is 344 g/mol. The number of ether oxygens (including phenoxy) is 5. The largest absolute Gasteiger partial charge is 0.453 e. The predicted octanol–water partition coefficient (Wildman–Crippen LogP) is 0.771. The fourth-order valence-corrected chi connectivity index (χ4v) is 2.82. The van der Waals surface area contributed by atoms with Gasteiger partial charge in [-0.25, -0.2) is 4.79 Å². The highest BCUT2D eigenvalue weighted by atomic mass is 16.7. The number of nitrogens with one attached hydrogen (secondary N) is 2. The van der Waals surface area contributed by atoms with Crippen molar-refractivity contribution in [2.24, 2.45) is 5.41 Å². The van der Waals surface area contributed by atoms with E-state index in [1.165, 1.54) is 14.0 Å². The zero-order chi connectivity index (χ0) is 18.8. The molecule has 0 aromatic heterocycles. The molecule has 0 aliphatic carbocycles. The Morgan fingerprint density at radius 2 is 1.38 bits per heavy atom. The van der Waals surface area contributed by atoms with Crippen LogP contribution in [0.3, 0.4) is 0 Å². The topological polar surface area (TPSA) is 104 Å². The highest BCUT2D eigenvalue weighted by molar-refractivity contribution is 5.72. The molecule has 2 N–H and O–H groups in total. The van der Waals surface area contributed by atoms with E-state index in [2.05, 4.69) is 15.4 Å². The maximum absolute atomic E-state index is 11.0. The van der Waals surface area contributed by atoms with Crippen molar-refractivity contribution in [3.05, 3.63) is 0 Å². The van der Waals surface area contributed by atoms with Crippen LogP contribution in [0.1, 0.15) is 32.6 Å². The summed E-state index contributed by atoms with van der Waals surface area (Å²) in [6.45, 7) is 4.78. The van der Waals surface area contributed by atoms with E-state index >= 15 is 0 Å². The van der Waals surface area contributed by atoms with Gasteiger partial charge in [0.1, 0.15) is 0 Å². The van der Waals surface area contributed by atoms with Crippen molar-refractivity contribution in [1.29, 1.82) is 0 Å². The van der Waals surface area contributed by atoms with E-state index < -0.39 is 6.09 Å². The van der Waals surface area contributed by atoms with Crippen molar-refractivity contribution in [1.82, 2.24) is 10.6 Å². The number of alkyl carbamates (subject to hydrolysis) is 1. The third kappa shape index (κ3) is 7.06. The lowest BCUT2D eigenvalue weighted by atomic mass is 9.90. The lowest BCUT2D eigenvalue weighted by Gasteiger charge is -2.43. The second-order valence-electron chi connectivity index (χ2n) is 6.79. The molecule has 9 heteroatoms. The van der Waals surface area contributed by atoms with Crippen molar-refractivity contribution in [3.8, 4) is 0 Å². The molecule has 0 saturated carbocycles. The Morgan fingerprint density at radius 1 is 0.923 bits per heavy atom. The Bertz CT molecular complexity index is 442. The summed E-state index contributed by atoms with van der Waals surface area (Å²) < 4.78 is 27.7. The minimum absolute atomic E-state index is 0.0263. The van der Waals surface area contributed by atoms with Crippen LogP contribution >= 0.6 is 0 Å². The molecule has 0 atom stereocenters. The molecule has 9 nitrogen and oxygen atoms in total. The number of hydrogen-bond donors (Lipinski definition) is 2. The van der Waals surface area contributed by atoms with Crippen LogP contribution in [0.5, 0.6) is 0 Å². The molecule has 0 aromatic rings. The molecule has 150 valence electrons. The minimum atomic E-state index is -0.433. The van der Waals surface area contributed by atoms with Crippen LogP contribution in [-0.4, -0.2) is 71.2 Å². The Morgan fingerprint density at radius 3 is 1.81 bits per heavy atom. The van der Waals surface area contributed by atoms with Crippen LogP contribution in [-0.2, 0) is 28.5 Å². The third-order valence-electron chi connectivity index (χ3n) is 4.36. The highest BCUT2D eigenvalue weighted by Crippen LogP contribution is 2.31. The SMILES string of the molecule is COC(=O)NCCCC1OCC2(COC(CCCNC(C)=O)OC2)CO1. The zero-order valence-corrected chi connectivity index (χ0v) is 15.6. The van der Waals surface area contributed by atoms with Gasteiger partial charge in [-0.15, -0.1) is 0 Å². The summed E-state index contributed by atoms with van der Waals surface area (Å²) in [4.78, 5) is 21.8. The number of amides is 2. The van der Waals surface area contributed by atoms with E-state index in [1.807, 2.05) is 0 Å². The summed E-state index contributed by atoms with van der Waals surface area (Å²) >= 11 is 0. The van der Waals surface area contributed by atoms with Crippen LogP contribution in [0.4, 0.5) is 4.79 Å². The third-order valence-corrected chi connectivity index (χ3v) is 4.36. The maximum atomic E-state index is 11.0. The van der Waals surface area contributed by atoms with E-state index in [1.54, 1.807) is 0 Å². The zero-order valence-electron chi connectivity index (χ0n) is 15.6. The Labute approximate surface area is 154 Å². The quantitative estimate of drug-likeness (QED) is 0.605. The lowest BCUT2D eigenvalue weighted by Crippen LogP contribution is -2.52. The molecular formula is C17H30N2O7. The smallest absolute Gasteiger partial charge is 0.406 e. The Hall–Kier alpha value is -1.42. The first-order valence-electron chi connectivity index (χ1n) is 9.06. The van der Waals surface area contributed by atoms with Crippen LogP contribution in [0, 0.1) is 5.41 Å². The second kappa shape index (κ2) is 10.7. The van der Waals surface area contributed by atoms with Crippen LogP contribution in [0.15, 0.2) is 0 Å². The predicted molar refractivity (Wildman–Crippen MR) is 91.4 cm³/mol. The highest BCUT2D eigenvalue weighted by Gasteiger charge is 2.41. The molecule has 2 rings (SSSR count). The molecule has 26 heavy (non-hydrogen) atoms. The number of carbonyl (C=O) groups excluding carboxylic acids is 2. The lowest BCUT2D eigenvalue weighted by molar-refractivity contribution is -0.304. The van der Waals surface area contributed by atoms with Gasteiger partial charge >= 0.3 is 6.09 Å². The van der Waals surface area contributed by atoms with Gasteiger partial charge in [-0.05, 0) is 12.8 Å². The Kier molecular flexibility index (Phi) is 8.56. The van der Waals surface area contributed by atoms with Gasteiger partial charge in [0.25, 0.3) is 0 Å². The Balaban J connectivity index is 1.56. The summed E-state index contributed by atoms with van der Waals surface area (Å²) in [5, 5.41) is 5.38. The molecule has 2 fully saturated rings. The average Bonchev–Trinajstić information content (AvgIpc) is 2.65. The molecule has 1 spiro atoms. The summed E-state index contributed by atoms with van der Waals surface area (Å²) in [5.41, 5.74) is -0.255. The van der Waals surface area contributed by atoms with Gasteiger partial charge in [-0.1, -0.05) is 0 Å². The first-order chi connectivity index (χ1) is 12.5. The van der Waals surface area contributed by atoms with E-state index in [0.717, 1.165) is 19.3 Å². The fourth-order valence-electron chi connectivity index (χ4n) is 2.82. The van der Waals surface area contributed by atoms with Crippen molar-refractivity contribution < 1.29 is 33.3 Å². The van der Waals surface area contributed by atoms with Crippen molar-refractivity contribution in [3.63, 3.8) is 0 Å². The van der Waals surface area contributed by atoms with Crippen molar-refractivity contribution in [2.45, 2.75) is 45.2 Å². The van der Waals surface area contributed by atoms with E-state index in [9.17, 15) is 9.59 Å². The molecule has 2 heterocycles. The van der Waals surface area contributed by atoms with E-state index in [-0.39, 0.29) is 23.9 Å². The normalized spacial score (nSPS) is 28.5. The first-order valence-corrected chi connectivity index (χ1v) is 9.06. The molecule has 2 saturated heterocycles. The van der Waals surface area contributed by atoms with Crippen molar-refractivity contribution >= 4 is 12.0 Å². The minimum Gasteiger partial charge on any atom is -0.453 e. The van der Waals surface area contributed by atoms with Gasteiger partial charge < -0.3 is 34.3 Å². The molecule has 0 aromatic carbocycles. The number of carbonyl (C=O) groups is 2. The van der Waals surface area contributed by atoms with Gasteiger partial charge in [0.15, 0.2) is 12.6 Å². The molecule has 2 amide bonds. The molecule has 0 bridgehead atoms. The van der Waals surface area contributed by atoms with Crippen LogP contribution < -0.4 is 10.6 Å². The second-order valence-corrected chi connectivity index (χ2v) is 6.79. The summed E-state index contributed by atoms with van der Waals surface area (Å²) in [7, 11) is 1.34. The van der Waals surface area contributed by atoms with E-state index in [0.29, 0.717) is 45.9 Å². The number of hydrogen-bond acceptors (Lipinski definition) is 7. The average molecular weight is 374 g/mol. The molecule has 0 radical (unpaired) electrons. The van der Waals surface area contributed by atoms with E-state index in [4.69, 9.17) is 18.9 Å². The standard InChI is InChI=1S/C17H30N2O7/c1-13(20)18-7-3-5-14-23-9-17(10-24-14)11-25-15(26-12-17)6-4-8-19-16(21)22-2/h14-15H,3-12H2,1-2H3,(H,18,20)(H,19,21). The maximum Gasteiger partial charge on any atom is 0.406 e. The van der Waals surface area contributed by atoms with Crippen LogP contribution in [0.2, 0.25) is 0 Å². The monoisotopic (exact) mass is 374 g/mol. The summed E-state index contributed by atoms with van der Waals surface area (Å²) in [6, 6.07) is 0. The summed E-state index contributed by atoms with van der Waals surface area (Å²) in [5.74, 6) is -0.0263. The number of rotatable bonds is 8. The van der Waals surface area contributed by atoms with Crippen molar-refractivity contribution in [2.75, 3.05) is 46.6 Å². The number of methoxy groups -OCH3 is 1. The molecule has 2 aliphatic rings. The first kappa shape index (κ1) is 20.9. The van der Waals surface area contributed by atoms with Crippen LogP contribution in [0.25, 0.3) is 0 Å². The van der Waals surface area contributed by atoms with Gasteiger partial charge in [0.2, 0.25) is 5.91 Å². The van der Waals surface area contributed by atoms with Gasteiger partial charge in [-0.3, -0.25) is 4.79 Å². The molecule has 2 aliphatic heterocycles. The van der Waals surface area contributed by atoms with Gasteiger partial charge in [-0.2, -0.15) is 0 Å². The van der Waals surface area contributed by atoms with Gasteiger partial charge in [0.05, 0.1) is 39.0 Å². The summed E-state index contributed by atoms with van der Waals surface area (Å²) in [6.07, 6.45) is 2.06. The molecule has 0 unspecified atom stereocenters.